The molecular weight excluding hydrogens is 302 g/mol. The van der Waals surface area contributed by atoms with Gasteiger partial charge in [-0.2, -0.15) is 0 Å². The van der Waals surface area contributed by atoms with Crippen LogP contribution >= 0.6 is 0 Å². The highest BCUT2D eigenvalue weighted by Gasteiger charge is 2.18. The molecule has 1 N–H and O–H groups in total. The molecule has 5 nitrogen and oxygen atoms in total. The molecule has 5 heteroatoms. The second kappa shape index (κ2) is 9.40. The molecule has 0 spiro atoms. The van der Waals surface area contributed by atoms with Gasteiger partial charge >= 0.3 is 0 Å². The Morgan fingerprint density at radius 2 is 2.00 bits per heavy atom. The van der Waals surface area contributed by atoms with Gasteiger partial charge in [0.2, 0.25) is 0 Å². The Hall–Kier alpha value is -1.91. The zero-order valence-electron chi connectivity index (χ0n) is 15.5. The fourth-order valence-electron chi connectivity index (χ4n) is 2.90. The number of rotatable bonds is 6. The van der Waals surface area contributed by atoms with E-state index in [4.69, 9.17) is 14.5 Å². The fourth-order valence-corrected chi connectivity index (χ4v) is 2.90. The van der Waals surface area contributed by atoms with Crippen molar-refractivity contribution >= 4 is 5.96 Å². The molecule has 1 aliphatic heterocycles. The lowest BCUT2D eigenvalue weighted by Crippen LogP contribution is -2.45. The van der Waals surface area contributed by atoms with Crippen LogP contribution in [0.4, 0.5) is 0 Å². The molecule has 1 heterocycles. The first kappa shape index (κ1) is 18.4. The van der Waals surface area contributed by atoms with Gasteiger partial charge in [-0.15, -0.1) is 0 Å². The third-order valence-corrected chi connectivity index (χ3v) is 4.36. The third-order valence-electron chi connectivity index (χ3n) is 4.36. The molecule has 0 aromatic heterocycles. The Morgan fingerprint density at radius 3 is 2.62 bits per heavy atom. The summed E-state index contributed by atoms with van der Waals surface area (Å²) in [5, 5.41) is 3.42. The largest absolute Gasteiger partial charge is 0.493 e. The molecule has 1 aliphatic rings. The minimum absolute atomic E-state index is 0.623. The van der Waals surface area contributed by atoms with Gasteiger partial charge in [-0.3, -0.25) is 0 Å². The predicted octanol–water partition coefficient (Wildman–Crippen LogP) is 3.29. The van der Waals surface area contributed by atoms with Crippen molar-refractivity contribution in [3.63, 3.8) is 0 Å². The minimum Gasteiger partial charge on any atom is -0.493 e. The summed E-state index contributed by atoms with van der Waals surface area (Å²) in [6.45, 7) is 10.7. The van der Waals surface area contributed by atoms with Gasteiger partial charge in [0.15, 0.2) is 17.5 Å². The highest BCUT2D eigenvalue weighted by Crippen LogP contribution is 2.28. The molecule has 2 rings (SSSR count). The second-order valence-corrected chi connectivity index (χ2v) is 6.26. The maximum Gasteiger partial charge on any atom is 0.194 e. The first-order chi connectivity index (χ1) is 11.7. The van der Waals surface area contributed by atoms with Crippen molar-refractivity contribution in [1.29, 1.82) is 0 Å². The molecule has 0 unspecified atom stereocenters. The van der Waals surface area contributed by atoms with E-state index in [9.17, 15) is 0 Å². The monoisotopic (exact) mass is 333 g/mol. The molecule has 0 amide bonds. The number of piperidine rings is 1. The van der Waals surface area contributed by atoms with Crippen LogP contribution in [-0.4, -0.2) is 44.2 Å². The summed E-state index contributed by atoms with van der Waals surface area (Å²) in [4.78, 5) is 7.20. The number of hydrogen-bond acceptors (Lipinski definition) is 3. The van der Waals surface area contributed by atoms with Gasteiger partial charge in [-0.25, -0.2) is 4.99 Å². The van der Waals surface area contributed by atoms with Crippen molar-refractivity contribution in [2.45, 2.75) is 40.2 Å². The van der Waals surface area contributed by atoms with Gasteiger partial charge in [0.25, 0.3) is 0 Å². The Labute approximate surface area is 146 Å². The lowest BCUT2D eigenvalue weighted by atomic mass is 10.00. The summed E-state index contributed by atoms with van der Waals surface area (Å²) in [6, 6.07) is 6.02. The first-order valence-electron chi connectivity index (χ1n) is 9.00. The number of aliphatic imine (C=N–C) groups is 1. The van der Waals surface area contributed by atoms with Crippen LogP contribution in [-0.2, 0) is 6.54 Å². The lowest BCUT2D eigenvalue weighted by molar-refractivity contribution is 0.273. The number of nitrogens with zero attached hydrogens (tertiary/aromatic N) is 2. The van der Waals surface area contributed by atoms with Crippen LogP contribution in [0.2, 0.25) is 0 Å². The highest BCUT2D eigenvalue weighted by molar-refractivity contribution is 5.80. The number of ether oxygens (including phenoxy) is 2. The lowest BCUT2D eigenvalue weighted by Gasteiger charge is -2.33. The Morgan fingerprint density at radius 1 is 1.25 bits per heavy atom. The topological polar surface area (TPSA) is 46.1 Å². The molecule has 134 valence electrons. The van der Waals surface area contributed by atoms with Crippen molar-refractivity contribution in [3.05, 3.63) is 23.8 Å². The molecule has 1 saturated heterocycles. The van der Waals surface area contributed by atoms with Crippen LogP contribution in [0.1, 0.15) is 39.2 Å². The summed E-state index contributed by atoms with van der Waals surface area (Å²) in [7, 11) is 1.66. The standard InChI is InChI=1S/C19H31N3O2/c1-5-20-19(22-11-9-15(3)10-12-22)21-14-16-7-8-17(23-4)18(13-16)24-6-2/h7-8,13,15H,5-6,9-12,14H2,1-4H3,(H,20,21). The van der Waals surface area contributed by atoms with Gasteiger partial charge in [0, 0.05) is 19.6 Å². The van der Waals surface area contributed by atoms with E-state index in [1.54, 1.807) is 7.11 Å². The van der Waals surface area contributed by atoms with Crippen molar-refractivity contribution < 1.29 is 9.47 Å². The van der Waals surface area contributed by atoms with E-state index >= 15 is 0 Å². The van der Waals surface area contributed by atoms with Crippen LogP contribution in [0.25, 0.3) is 0 Å². The molecule has 24 heavy (non-hydrogen) atoms. The van der Waals surface area contributed by atoms with E-state index in [0.29, 0.717) is 13.2 Å². The molecule has 1 aromatic rings. The Balaban J connectivity index is 2.09. The van der Waals surface area contributed by atoms with E-state index in [0.717, 1.165) is 48.6 Å². The number of likely N-dealkylation sites (tertiary alicyclic amines) is 1. The molecule has 0 saturated carbocycles. The van der Waals surface area contributed by atoms with Crippen molar-refractivity contribution in [2.75, 3.05) is 33.4 Å². The summed E-state index contributed by atoms with van der Waals surface area (Å²) < 4.78 is 11.0. The van der Waals surface area contributed by atoms with Crippen LogP contribution in [0, 0.1) is 5.92 Å². The summed E-state index contributed by atoms with van der Waals surface area (Å²) >= 11 is 0. The van der Waals surface area contributed by atoms with E-state index < -0.39 is 0 Å². The minimum atomic E-state index is 0.623. The zero-order valence-corrected chi connectivity index (χ0v) is 15.5. The van der Waals surface area contributed by atoms with Crippen LogP contribution in [0.15, 0.2) is 23.2 Å². The second-order valence-electron chi connectivity index (χ2n) is 6.26. The summed E-state index contributed by atoms with van der Waals surface area (Å²) in [6.07, 6.45) is 2.48. The number of hydrogen-bond donors (Lipinski definition) is 1. The van der Waals surface area contributed by atoms with Crippen LogP contribution < -0.4 is 14.8 Å². The highest BCUT2D eigenvalue weighted by atomic mass is 16.5. The quantitative estimate of drug-likeness (QED) is 0.641. The van der Waals surface area contributed by atoms with Crippen molar-refractivity contribution in [2.24, 2.45) is 10.9 Å². The van der Waals surface area contributed by atoms with Crippen LogP contribution in [0.5, 0.6) is 11.5 Å². The SMILES string of the molecule is CCNC(=NCc1ccc(OC)c(OCC)c1)N1CCC(C)CC1. The molecule has 0 atom stereocenters. The van der Waals surface area contributed by atoms with E-state index in [2.05, 4.69) is 24.1 Å². The van der Waals surface area contributed by atoms with E-state index in [1.807, 2.05) is 25.1 Å². The van der Waals surface area contributed by atoms with Gasteiger partial charge < -0.3 is 19.7 Å². The molecule has 0 radical (unpaired) electrons. The van der Waals surface area contributed by atoms with Gasteiger partial charge in [-0.1, -0.05) is 13.0 Å². The molecule has 0 aliphatic carbocycles. The van der Waals surface area contributed by atoms with Crippen molar-refractivity contribution in [3.8, 4) is 11.5 Å². The molecular formula is C19H31N3O2. The van der Waals surface area contributed by atoms with Gasteiger partial charge in [0.1, 0.15) is 0 Å². The predicted molar refractivity (Wildman–Crippen MR) is 98.9 cm³/mol. The Bertz CT molecular complexity index is 537. The number of methoxy groups -OCH3 is 1. The molecule has 1 aromatic carbocycles. The van der Waals surface area contributed by atoms with Crippen molar-refractivity contribution in [1.82, 2.24) is 10.2 Å². The maximum absolute atomic E-state index is 5.65. The fraction of sp³-hybridized carbons (Fsp3) is 0.632. The summed E-state index contributed by atoms with van der Waals surface area (Å²) in [5.41, 5.74) is 1.13. The zero-order chi connectivity index (χ0) is 17.4. The average Bonchev–Trinajstić information content (AvgIpc) is 2.60. The van der Waals surface area contributed by atoms with Gasteiger partial charge in [-0.05, 0) is 50.3 Å². The maximum atomic E-state index is 5.65. The smallest absolute Gasteiger partial charge is 0.194 e. The molecule has 1 fully saturated rings. The summed E-state index contributed by atoms with van der Waals surface area (Å²) in [5.74, 6) is 3.38. The van der Waals surface area contributed by atoms with Crippen LogP contribution in [0.3, 0.4) is 0 Å². The van der Waals surface area contributed by atoms with Gasteiger partial charge in [0.05, 0.1) is 20.3 Å². The Kier molecular flexibility index (Phi) is 7.22. The third kappa shape index (κ3) is 5.05. The first-order valence-corrected chi connectivity index (χ1v) is 9.00. The number of benzene rings is 1. The molecule has 0 bridgehead atoms. The average molecular weight is 333 g/mol. The van der Waals surface area contributed by atoms with E-state index in [1.165, 1.54) is 12.8 Å². The normalized spacial score (nSPS) is 16.2. The number of nitrogens with one attached hydrogen (secondary N) is 1. The van der Waals surface area contributed by atoms with E-state index in [-0.39, 0.29) is 0 Å². The number of guanidine groups is 1.